The summed E-state index contributed by atoms with van der Waals surface area (Å²) in [6, 6.07) is 16.1. The molecule has 4 heteroatoms. The number of rotatable bonds is 10. The van der Waals surface area contributed by atoms with E-state index < -0.39 is 0 Å². The van der Waals surface area contributed by atoms with Crippen molar-refractivity contribution in [1.82, 2.24) is 14.5 Å². The lowest BCUT2D eigenvalue weighted by Crippen LogP contribution is -2.30. The van der Waals surface area contributed by atoms with E-state index in [0.717, 1.165) is 37.2 Å². The van der Waals surface area contributed by atoms with Crippen molar-refractivity contribution in [2.24, 2.45) is 4.99 Å². The van der Waals surface area contributed by atoms with Gasteiger partial charge in [0.2, 0.25) is 0 Å². The highest BCUT2D eigenvalue weighted by Crippen LogP contribution is 2.36. The Morgan fingerprint density at radius 2 is 1.72 bits per heavy atom. The lowest BCUT2D eigenvalue weighted by Gasteiger charge is -2.34. The molecule has 0 radical (unpaired) electrons. The van der Waals surface area contributed by atoms with Gasteiger partial charge in [0.25, 0.3) is 0 Å². The molecule has 1 aromatic heterocycles. The highest BCUT2D eigenvalue weighted by molar-refractivity contribution is 6.02. The van der Waals surface area contributed by atoms with Gasteiger partial charge < -0.3 is 4.57 Å². The predicted molar refractivity (Wildman–Crippen MR) is 166 cm³/mol. The van der Waals surface area contributed by atoms with E-state index in [9.17, 15) is 0 Å². The van der Waals surface area contributed by atoms with Crippen LogP contribution >= 0.6 is 0 Å². The smallest absolute Gasteiger partial charge is 0.0991 e. The molecule has 39 heavy (non-hydrogen) atoms. The topological polar surface area (TPSA) is 33.4 Å². The van der Waals surface area contributed by atoms with Crippen LogP contribution in [-0.2, 0) is 19.3 Å². The molecule has 2 aromatic carbocycles. The van der Waals surface area contributed by atoms with Crippen LogP contribution in [0.15, 0.2) is 83.0 Å². The van der Waals surface area contributed by atoms with Crippen LogP contribution in [0.3, 0.4) is 0 Å². The molecule has 0 N–H and O–H groups in total. The van der Waals surface area contributed by atoms with Gasteiger partial charge in [-0.25, -0.2) is 4.98 Å². The summed E-state index contributed by atoms with van der Waals surface area (Å²) in [6.07, 6.45) is 12.4. The van der Waals surface area contributed by atoms with Gasteiger partial charge in [-0.05, 0) is 94.2 Å². The Bertz CT molecular complexity index is 1330. The number of hydrogen-bond donors (Lipinski definition) is 0. The molecule has 0 saturated heterocycles. The van der Waals surface area contributed by atoms with Gasteiger partial charge in [-0.15, -0.1) is 0 Å². The van der Waals surface area contributed by atoms with Gasteiger partial charge in [-0.3, -0.25) is 9.89 Å². The number of allylic oxidation sites excluding steroid dienone is 2. The van der Waals surface area contributed by atoms with Crippen LogP contribution in [0.2, 0.25) is 0 Å². The first-order valence-electron chi connectivity index (χ1n) is 14.7. The minimum Gasteiger partial charge on any atom is -0.306 e. The third-order valence-corrected chi connectivity index (χ3v) is 8.39. The number of aryl methyl sites for hydroxylation is 3. The molecular weight excluding hydrogens is 476 g/mol. The fourth-order valence-electron chi connectivity index (χ4n) is 6.18. The summed E-state index contributed by atoms with van der Waals surface area (Å²) in [5.41, 5.74) is 13.0. The summed E-state index contributed by atoms with van der Waals surface area (Å²) < 4.78 is 2.18. The van der Waals surface area contributed by atoms with E-state index in [-0.39, 0.29) is 0 Å². The minimum absolute atomic E-state index is 0.404. The summed E-state index contributed by atoms with van der Waals surface area (Å²) >= 11 is 0. The molecule has 0 amide bonds. The largest absolute Gasteiger partial charge is 0.306 e. The number of hydrogen-bond acceptors (Lipinski definition) is 3. The van der Waals surface area contributed by atoms with Crippen molar-refractivity contribution in [1.29, 1.82) is 0 Å². The summed E-state index contributed by atoms with van der Waals surface area (Å²) in [6.45, 7) is 14.2. The van der Waals surface area contributed by atoms with Gasteiger partial charge in [-0.1, -0.05) is 63.2 Å². The average Bonchev–Trinajstić information content (AvgIpc) is 3.50. The molecule has 0 spiro atoms. The van der Waals surface area contributed by atoms with Gasteiger partial charge in [0.1, 0.15) is 0 Å². The molecular formula is C35H46N4. The Labute approximate surface area is 236 Å². The third kappa shape index (κ3) is 6.33. The number of aromatic nitrogens is 2. The van der Waals surface area contributed by atoms with Crippen LogP contribution < -0.4 is 0 Å². The van der Waals surface area contributed by atoms with E-state index in [1.54, 1.807) is 0 Å². The Hall–Kier alpha value is -3.24. The lowest BCUT2D eigenvalue weighted by atomic mass is 9.86. The van der Waals surface area contributed by atoms with Crippen LogP contribution in [-0.4, -0.2) is 33.8 Å². The SMILES string of the molecule is CCC(C)=C(/C(CN(C)[C@H]1CCCc2ccccc21)=C(/C)N=C(C)c1c(CC)cccc1CC)n1ccnc1. The average molecular weight is 523 g/mol. The highest BCUT2D eigenvalue weighted by atomic mass is 15.1. The van der Waals surface area contributed by atoms with Crippen LogP contribution in [0.25, 0.3) is 5.70 Å². The van der Waals surface area contributed by atoms with E-state index in [1.165, 1.54) is 63.9 Å². The fourth-order valence-corrected chi connectivity index (χ4v) is 6.18. The van der Waals surface area contributed by atoms with Gasteiger partial charge in [0, 0.05) is 47.5 Å². The van der Waals surface area contributed by atoms with Gasteiger partial charge in [-0.2, -0.15) is 0 Å². The maximum atomic E-state index is 5.36. The first kappa shape index (κ1) is 28.8. The fraction of sp³-hybridized carbons (Fsp3) is 0.429. The quantitative estimate of drug-likeness (QED) is 0.198. The van der Waals surface area contributed by atoms with Gasteiger partial charge in [0.05, 0.1) is 12.0 Å². The van der Waals surface area contributed by atoms with Crippen molar-refractivity contribution in [3.8, 4) is 0 Å². The molecule has 0 unspecified atom stereocenters. The normalized spacial score (nSPS) is 17.1. The Morgan fingerprint density at radius 3 is 2.36 bits per heavy atom. The molecule has 1 aliphatic rings. The van der Waals surface area contributed by atoms with Crippen molar-refractivity contribution in [3.63, 3.8) is 0 Å². The van der Waals surface area contributed by atoms with E-state index in [2.05, 4.69) is 112 Å². The second-order valence-corrected chi connectivity index (χ2v) is 10.9. The van der Waals surface area contributed by atoms with Gasteiger partial charge in [0.15, 0.2) is 0 Å². The van der Waals surface area contributed by atoms with Crippen molar-refractivity contribution in [2.75, 3.05) is 13.6 Å². The molecule has 1 aliphatic carbocycles. The molecule has 4 nitrogen and oxygen atoms in total. The number of benzene rings is 2. The zero-order valence-corrected chi connectivity index (χ0v) is 25.1. The Kier molecular flexibility index (Phi) is 9.74. The summed E-state index contributed by atoms with van der Waals surface area (Å²) in [7, 11) is 2.28. The molecule has 206 valence electrons. The molecule has 4 rings (SSSR count). The first-order chi connectivity index (χ1) is 18.9. The number of likely N-dealkylation sites (N-methyl/N-ethyl adjacent to an activating group) is 1. The number of nitrogens with zero attached hydrogens (tertiary/aromatic N) is 4. The molecule has 0 aliphatic heterocycles. The lowest BCUT2D eigenvalue weighted by molar-refractivity contribution is 0.240. The van der Waals surface area contributed by atoms with E-state index >= 15 is 0 Å². The number of fused-ring (bicyclic) bond motifs is 1. The zero-order valence-electron chi connectivity index (χ0n) is 25.1. The van der Waals surface area contributed by atoms with Crippen molar-refractivity contribution >= 4 is 11.4 Å². The third-order valence-electron chi connectivity index (χ3n) is 8.39. The highest BCUT2D eigenvalue weighted by Gasteiger charge is 2.26. The Morgan fingerprint density at radius 1 is 1.00 bits per heavy atom. The van der Waals surface area contributed by atoms with Crippen LogP contribution in [0, 0.1) is 0 Å². The summed E-state index contributed by atoms with van der Waals surface area (Å²) in [5.74, 6) is 0. The van der Waals surface area contributed by atoms with Crippen LogP contribution in [0.5, 0.6) is 0 Å². The first-order valence-corrected chi connectivity index (χ1v) is 14.7. The van der Waals surface area contributed by atoms with Crippen molar-refractivity contribution in [3.05, 3.63) is 106 Å². The second-order valence-electron chi connectivity index (χ2n) is 10.9. The van der Waals surface area contributed by atoms with Crippen molar-refractivity contribution < 1.29 is 0 Å². The second kappa shape index (κ2) is 13.2. The van der Waals surface area contributed by atoms with E-state index in [0.29, 0.717) is 6.04 Å². The minimum atomic E-state index is 0.404. The maximum absolute atomic E-state index is 5.36. The summed E-state index contributed by atoms with van der Waals surface area (Å²) in [4.78, 5) is 12.3. The van der Waals surface area contributed by atoms with Gasteiger partial charge >= 0.3 is 0 Å². The maximum Gasteiger partial charge on any atom is 0.0991 e. The van der Waals surface area contributed by atoms with E-state index in [1.807, 2.05) is 12.5 Å². The predicted octanol–water partition coefficient (Wildman–Crippen LogP) is 8.44. The van der Waals surface area contributed by atoms with Crippen molar-refractivity contribution in [2.45, 2.75) is 86.1 Å². The summed E-state index contributed by atoms with van der Waals surface area (Å²) in [5, 5.41) is 0. The monoisotopic (exact) mass is 522 g/mol. The molecule has 0 bridgehead atoms. The molecule has 0 saturated carbocycles. The molecule has 1 atom stereocenters. The standard InChI is InChI=1S/C35H46N4/c1-8-25(4)35(39-22-21-36-24-39)32(23-38(7)33-20-14-18-30-15-11-12-19-31(30)33)26(5)37-27(6)34-28(9-2)16-13-17-29(34)10-3/h11-13,15-17,19,21-22,24,33H,8-10,14,18,20,23H2,1-7H3/b32-26-,35-25?,37-27?/t33-/m0/s1. The Balaban J connectivity index is 1.84. The number of aliphatic imine (C=N–C) groups is 1. The molecule has 0 fully saturated rings. The van der Waals surface area contributed by atoms with Crippen LogP contribution in [0.4, 0.5) is 0 Å². The zero-order chi connectivity index (χ0) is 27.9. The molecule has 1 heterocycles. The van der Waals surface area contributed by atoms with E-state index in [4.69, 9.17) is 4.99 Å². The number of imidazole rings is 1. The molecule has 3 aromatic rings. The van der Waals surface area contributed by atoms with Crippen LogP contribution in [0.1, 0.15) is 94.7 Å².